The summed E-state index contributed by atoms with van der Waals surface area (Å²) >= 11 is 11.9. The lowest BCUT2D eigenvalue weighted by atomic mass is 10.2. The Hall–Kier alpha value is -0.500. The number of ether oxygens (including phenoxy) is 1. The van der Waals surface area contributed by atoms with E-state index >= 15 is 0 Å². The largest absolute Gasteiger partial charge is 0.476 e. The van der Waals surface area contributed by atoms with Crippen LogP contribution >= 0.6 is 29.1 Å². The van der Waals surface area contributed by atoms with Gasteiger partial charge in [0.1, 0.15) is 0 Å². The minimum absolute atomic E-state index is 0.224. The van der Waals surface area contributed by atoms with Gasteiger partial charge in [-0.05, 0) is 26.8 Å². The lowest BCUT2D eigenvalue weighted by molar-refractivity contribution is -0.577. The highest BCUT2D eigenvalue weighted by Crippen LogP contribution is 2.55. The maximum absolute atomic E-state index is 9.80. The van der Waals surface area contributed by atoms with E-state index in [1.54, 1.807) is 11.5 Å². The molecule has 1 N–H and O–H groups in total. The van der Waals surface area contributed by atoms with Gasteiger partial charge in [-0.1, -0.05) is 22.5 Å². The van der Waals surface area contributed by atoms with Crippen LogP contribution in [0.1, 0.15) is 18.1 Å². The zero-order valence-electron chi connectivity index (χ0n) is 9.94. The molecule has 0 saturated carbocycles. The highest BCUT2D eigenvalue weighted by molar-refractivity contribution is 8.10. The molecule has 0 aliphatic carbocycles. The quantitative estimate of drug-likeness (QED) is 0.516. The van der Waals surface area contributed by atoms with Crippen LogP contribution in [-0.2, 0) is 4.74 Å². The Kier molecular flexibility index (Phi) is 5.51. The Balaban J connectivity index is 3.28. The first kappa shape index (κ1) is 14.6. The van der Waals surface area contributed by atoms with Crippen molar-refractivity contribution in [1.82, 2.24) is 0 Å². The number of halogens is 2. The van der Waals surface area contributed by atoms with E-state index in [1.165, 1.54) is 0 Å². The molecule has 0 aliphatic rings. The third-order valence-electron chi connectivity index (χ3n) is 2.02. The average molecular weight is 295 g/mol. The maximum atomic E-state index is 9.80. The van der Waals surface area contributed by atoms with Crippen LogP contribution in [-0.4, -0.2) is 11.7 Å². The van der Waals surface area contributed by atoms with Crippen LogP contribution in [0, 0.1) is 13.8 Å². The van der Waals surface area contributed by atoms with Crippen molar-refractivity contribution in [3.63, 3.8) is 0 Å². The summed E-state index contributed by atoms with van der Waals surface area (Å²) < 4.78 is 6.77. The normalized spacial score (nSPS) is 12.6. The van der Waals surface area contributed by atoms with E-state index in [-0.39, 0.29) is 5.95 Å². The second-order valence-corrected chi connectivity index (χ2v) is 7.03. The first-order chi connectivity index (χ1) is 7.95. The molecule has 3 nitrogen and oxygen atoms in total. The summed E-state index contributed by atoms with van der Waals surface area (Å²) in [6, 6.07) is 2.02. The number of pyridine rings is 1. The summed E-state index contributed by atoms with van der Waals surface area (Å²) in [6.45, 7) is 4.56. The van der Waals surface area contributed by atoms with E-state index in [9.17, 15) is 5.11 Å². The molecule has 0 amide bonds. The number of hydrogen-bond donors (Lipinski definition) is 1. The molecule has 0 fully saturated rings. The number of aliphatic hydroxyl groups is 1. The van der Waals surface area contributed by atoms with Crippen molar-refractivity contribution in [2.24, 2.45) is 0 Å². The summed E-state index contributed by atoms with van der Waals surface area (Å²) in [6.07, 6.45) is 3.69. The predicted octanol–water partition coefficient (Wildman–Crippen LogP) is 4.06. The molecule has 94 valence electrons. The number of aromatic nitrogens is 1. The predicted molar refractivity (Wildman–Crippen MR) is 72.2 cm³/mol. The van der Waals surface area contributed by atoms with Crippen LogP contribution in [0.15, 0.2) is 24.4 Å². The third kappa shape index (κ3) is 4.02. The van der Waals surface area contributed by atoms with Crippen molar-refractivity contribution in [3.8, 4) is 0 Å². The lowest BCUT2D eigenvalue weighted by Crippen LogP contribution is -2.32. The van der Waals surface area contributed by atoms with Gasteiger partial charge in [0.2, 0.25) is 0 Å². The molecule has 1 rings (SSSR count). The zero-order chi connectivity index (χ0) is 13.0. The van der Waals surface area contributed by atoms with E-state index in [1.807, 2.05) is 32.3 Å². The van der Waals surface area contributed by atoms with E-state index in [0.29, 0.717) is 12.0 Å². The molecule has 0 bridgehead atoms. The third-order valence-corrected chi connectivity index (χ3v) is 3.72. The maximum Gasteiger partial charge on any atom is 0.355 e. The Morgan fingerprint density at radius 3 is 2.29 bits per heavy atom. The standard InChI is InChI=1S/C11H14Cl2NO2P/c1-4-16-11(15)10(17(12)13)14-6-8(2)5-9(3)7-14/h5-7H,4H2,1-3H3/p+1/b11-10-. The number of hydrogen-bond acceptors (Lipinski definition) is 2. The molecule has 0 atom stereocenters. The van der Waals surface area contributed by atoms with Crippen LogP contribution < -0.4 is 4.57 Å². The van der Waals surface area contributed by atoms with E-state index in [4.69, 9.17) is 27.2 Å². The van der Waals surface area contributed by atoms with Crippen molar-refractivity contribution < 1.29 is 14.4 Å². The summed E-state index contributed by atoms with van der Waals surface area (Å²) in [7, 11) is 0. The van der Waals surface area contributed by atoms with Gasteiger partial charge in [0.15, 0.2) is 19.0 Å². The first-order valence-electron chi connectivity index (χ1n) is 5.13. The van der Waals surface area contributed by atoms with E-state index < -0.39 is 6.63 Å². The van der Waals surface area contributed by atoms with Crippen molar-refractivity contribution in [1.29, 1.82) is 0 Å². The summed E-state index contributed by atoms with van der Waals surface area (Å²) in [5.74, 6) is -0.224. The van der Waals surface area contributed by atoms with Crippen LogP contribution in [0.25, 0.3) is 5.44 Å². The second-order valence-electron chi connectivity index (χ2n) is 3.59. The lowest BCUT2D eigenvalue weighted by Gasteiger charge is -2.07. The van der Waals surface area contributed by atoms with Gasteiger partial charge in [0.25, 0.3) is 0 Å². The molecule has 1 heterocycles. The zero-order valence-corrected chi connectivity index (χ0v) is 12.4. The van der Waals surface area contributed by atoms with Crippen molar-refractivity contribution in [2.45, 2.75) is 20.8 Å². The van der Waals surface area contributed by atoms with Gasteiger partial charge < -0.3 is 9.84 Å². The van der Waals surface area contributed by atoms with Crippen LogP contribution in [0.5, 0.6) is 0 Å². The van der Waals surface area contributed by atoms with Crippen molar-refractivity contribution in [2.75, 3.05) is 6.61 Å². The molecular weight excluding hydrogens is 280 g/mol. The van der Waals surface area contributed by atoms with Gasteiger partial charge in [-0.15, -0.1) is 0 Å². The van der Waals surface area contributed by atoms with Gasteiger partial charge in [0.05, 0.1) is 6.61 Å². The molecular formula is C11H15Cl2NO2P+. The van der Waals surface area contributed by atoms with Gasteiger partial charge in [-0.3, -0.25) is 0 Å². The van der Waals surface area contributed by atoms with Crippen molar-refractivity contribution >= 4 is 34.5 Å². The number of nitrogens with zero attached hydrogens (tertiary/aromatic N) is 1. The second kappa shape index (κ2) is 6.44. The molecule has 0 aliphatic heterocycles. The Morgan fingerprint density at radius 1 is 1.35 bits per heavy atom. The first-order valence-corrected chi connectivity index (χ1v) is 8.28. The van der Waals surface area contributed by atoms with Gasteiger partial charge in [0, 0.05) is 11.1 Å². The SMILES string of the molecule is CCO/C(O)=C(/[n+]1cc(C)cc(C)c1)P(Cl)Cl. The molecule has 1 aromatic heterocycles. The van der Waals surface area contributed by atoms with Crippen LogP contribution in [0.4, 0.5) is 0 Å². The molecule has 6 heteroatoms. The summed E-state index contributed by atoms with van der Waals surface area (Å²) in [5, 5.41) is 9.80. The number of aryl methyl sites for hydroxylation is 2. The van der Waals surface area contributed by atoms with Crippen LogP contribution in [0.2, 0.25) is 0 Å². The van der Waals surface area contributed by atoms with Gasteiger partial charge >= 0.3 is 11.4 Å². The average Bonchev–Trinajstić information content (AvgIpc) is 2.15. The van der Waals surface area contributed by atoms with Gasteiger partial charge in [-0.2, -0.15) is 4.57 Å². The highest BCUT2D eigenvalue weighted by atomic mass is 35.9. The number of rotatable bonds is 4. The molecule has 0 aromatic carbocycles. The number of aliphatic hydroxyl groups excluding tert-OH is 1. The Morgan fingerprint density at radius 2 is 1.88 bits per heavy atom. The smallest absolute Gasteiger partial charge is 0.355 e. The molecule has 0 radical (unpaired) electrons. The van der Waals surface area contributed by atoms with E-state index in [2.05, 4.69) is 0 Å². The molecule has 1 aromatic rings. The fraction of sp³-hybridized carbons (Fsp3) is 0.364. The van der Waals surface area contributed by atoms with E-state index in [0.717, 1.165) is 11.1 Å². The summed E-state index contributed by atoms with van der Waals surface area (Å²) in [4.78, 5) is 0. The fourth-order valence-corrected chi connectivity index (χ4v) is 2.96. The van der Waals surface area contributed by atoms with Gasteiger partial charge in [-0.25, -0.2) is 0 Å². The minimum Gasteiger partial charge on any atom is -0.476 e. The minimum atomic E-state index is -1.50. The molecule has 17 heavy (non-hydrogen) atoms. The Labute approximate surface area is 112 Å². The molecule has 0 spiro atoms. The van der Waals surface area contributed by atoms with Crippen molar-refractivity contribution in [3.05, 3.63) is 35.5 Å². The summed E-state index contributed by atoms with van der Waals surface area (Å²) in [5.41, 5.74) is 2.49. The topological polar surface area (TPSA) is 33.3 Å². The fourth-order valence-electron chi connectivity index (χ4n) is 1.50. The Bertz CT molecular complexity index is 415. The monoisotopic (exact) mass is 294 g/mol. The molecule has 0 saturated heterocycles. The van der Waals surface area contributed by atoms with Crippen LogP contribution in [0.3, 0.4) is 0 Å². The molecule has 0 unspecified atom stereocenters. The highest BCUT2D eigenvalue weighted by Gasteiger charge is 2.27.